The van der Waals surface area contributed by atoms with Gasteiger partial charge in [0, 0.05) is 11.9 Å². The van der Waals surface area contributed by atoms with Crippen LogP contribution < -0.4 is 16.8 Å². The quantitative estimate of drug-likeness (QED) is 0.378. The molecule has 0 saturated carbocycles. The van der Waals surface area contributed by atoms with E-state index in [1.165, 1.54) is 17.8 Å². The maximum absolute atomic E-state index is 5.86. The van der Waals surface area contributed by atoms with Crippen LogP contribution >= 0.6 is 36.2 Å². The third kappa shape index (κ3) is 7.09. The summed E-state index contributed by atoms with van der Waals surface area (Å²) >= 11 is 1.42. The van der Waals surface area contributed by atoms with Crippen LogP contribution in [-0.2, 0) is 6.54 Å². The van der Waals surface area contributed by atoms with Crippen molar-refractivity contribution in [3.8, 4) is 11.5 Å². The highest BCUT2D eigenvalue weighted by atomic mass is 35.5. The fraction of sp³-hybridized carbons (Fsp3) is 0.467. The van der Waals surface area contributed by atoms with Crippen molar-refractivity contribution in [2.75, 3.05) is 6.54 Å². The summed E-state index contributed by atoms with van der Waals surface area (Å²) in [5.41, 5.74) is 12.1. The second kappa shape index (κ2) is 11.3. The maximum atomic E-state index is 5.86. The van der Waals surface area contributed by atoms with Crippen LogP contribution in [0.5, 0.6) is 0 Å². The molecule has 9 heteroatoms. The minimum Gasteiger partial charge on any atom is -0.458 e. The normalized spacial score (nSPS) is 11.1. The van der Waals surface area contributed by atoms with Crippen molar-refractivity contribution < 1.29 is 4.42 Å². The van der Waals surface area contributed by atoms with E-state index in [1.807, 2.05) is 17.5 Å². The van der Waals surface area contributed by atoms with Gasteiger partial charge in [-0.05, 0) is 30.9 Å². The number of nitrogens with zero attached hydrogens (tertiary/aromatic N) is 2. The minimum atomic E-state index is 0. The number of halogens is 2. The molecule has 0 aliphatic carbocycles. The van der Waals surface area contributed by atoms with Gasteiger partial charge in [-0.1, -0.05) is 13.8 Å². The van der Waals surface area contributed by atoms with Crippen LogP contribution in [-0.4, -0.2) is 17.5 Å². The number of hydrogen-bond acceptors (Lipinski definition) is 5. The van der Waals surface area contributed by atoms with E-state index in [0.29, 0.717) is 29.3 Å². The van der Waals surface area contributed by atoms with Crippen molar-refractivity contribution in [2.45, 2.75) is 33.2 Å². The molecule has 0 aliphatic rings. The molecule has 2 aromatic heterocycles. The van der Waals surface area contributed by atoms with Gasteiger partial charge in [-0.25, -0.2) is 4.98 Å². The highest BCUT2D eigenvalue weighted by Gasteiger charge is 2.08. The zero-order valence-corrected chi connectivity index (χ0v) is 16.3. The van der Waals surface area contributed by atoms with Gasteiger partial charge in [-0.2, -0.15) is 4.99 Å². The number of furan rings is 1. The molecule has 0 aliphatic heterocycles. The molecule has 0 saturated heterocycles. The molecule has 6 nitrogen and oxygen atoms in total. The molecule has 24 heavy (non-hydrogen) atoms. The molecule has 0 atom stereocenters. The average Bonchev–Trinajstić information content (AvgIpc) is 3.11. The second-order valence-corrected chi connectivity index (χ2v) is 6.28. The highest BCUT2D eigenvalue weighted by molar-refractivity contribution is 7.13. The summed E-state index contributed by atoms with van der Waals surface area (Å²) in [4.78, 5) is 8.67. The first-order chi connectivity index (χ1) is 10.6. The highest BCUT2D eigenvalue weighted by Crippen LogP contribution is 2.27. The fourth-order valence-corrected chi connectivity index (χ4v) is 2.61. The van der Waals surface area contributed by atoms with Crippen molar-refractivity contribution in [3.63, 3.8) is 0 Å². The lowest BCUT2D eigenvalue weighted by Crippen LogP contribution is -2.32. The van der Waals surface area contributed by atoms with E-state index in [-0.39, 0.29) is 24.8 Å². The molecule has 0 amide bonds. The van der Waals surface area contributed by atoms with Gasteiger partial charge in [-0.3, -0.25) is 0 Å². The van der Waals surface area contributed by atoms with Crippen molar-refractivity contribution in [1.82, 2.24) is 10.3 Å². The molecule has 0 aromatic carbocycles. The summed E-state index contributed by atoms with van der Waals surface area (Å²) in [6.07, 6.45) is 2.24. The van der Waals surface area contributed by atoms with E-state index in [2.05, 4.69) is 29.1 Å². The lowest BCUT2D eigenvalue weighted by molar-refractivity contribution is 0.524. The number of guanidine groups is 1. The number of aliphatic imine (C=N–C) groups is 1. The largest absolute Gasteiger partial charge is 0.458 e. The van der Waals surface area contributed by atoms with Gasteiger partial charge >= 0.3 is 0 Å². The molecule has 0 bridgehead atoms. The number of thiazole rings is 1. The minimum absolute atomic E-state index is 0. The SMILES string of the molecule is CC(C)CCCN/C(N)=N/c1nc(-c2ccc(CN)o2)cs1.Cl.Cl. The zero-order valence-electron chi connectivity index (χ0n) is 13.8. The van der Waals surface area contributed by atoms with E-state index in [0.717, 1.165) is 24.4 Å². The predicted octanol–water partition coefficient (Wildman–Crippen LogP) is 3.68. The molecule has 2 heterocycles. The van der Waals surface area contributed by atoms with Crippen LogP contribution in [0.25, 0.3) is 11.5 Å². The van der Waals surface area contributed by atoms with Gasteiger partial charge < -0.3 is 21.2 Å². The van der Waals surface area contributed by atoms with E-state index < -0.39 is 0 Å². The third-order valence-corrected chi connectivity index (χ3v) is 3.82. The Labute approximate surface area is 158 Å². The van der Waals surface area contributed by atoms with E-state index in [9.17, 15) is 0 Å². The zero-order chi connectivity index (χ0) is 15.9. The number of rotatable bonds is 7. The van der Waals surface area contributed by atoms with Crippen LogP contribution in [0.15, 0.2) is 26.9 Å². The first-order valence-electron chi connectivity index (χ1n) is 7.41. The number of aromatic nitrogens is 1. The Morgan fingerprint density at radius 3 is 2.75 bits per heavy atom. The van der Waals surface area contributed by atoms with Crippen molar-refractivity contribution in [2.24, 2.45) is 22.4 Å². The molecular weight excluding hydrogens is 369 g/mol. The van der Waals surface area contributed by atoms with Crippen molar-refractivity contribution in [3.05, 3.63) is 23.3 Å². The molecule has 0 fully saturated rings. The molecule has 5 N–H and O–H groups in total. The van der Waals surface area contributed by atoms with E-state index in [4.69, 9.17) is 15.9 Å². The summed E-state index contributed by atoms with van der Waals surface area (Å²) in [7, 11) is 0. The molecule has 0 unspecified atom stereocenters. The Hall–Kier alpha value is -1.28. The third-order valence-electron chi connectivity index (χ3n) is 3.09. The van der Waals surface area contributed by atoms with Crippen molar-refractivity contribution >= 4 is 47.2 Å². The molecule has 0 radical (unpaired) electrons. The standard InChI is InChI=1S/C15H23N5OS.2ClH/c1-10(2)4-3-7-18-14(17)20-15-19-12(9-22-15)13-6-5-11(8-16)21-13;;/h5-6,9-10H,3-4,7-8,16H2,1-2H3,(H3,17,18,19,20);2*1H. The van der Waals surface area contributed by atoms with Gasteiger partial charge in [0.25, 0.3) is 0 Å². The number of nitrogens with two attached hydrogens (primary N) is 2. The monoisotopic (exact) mass is 393 g/mol. The predicted molar refractivity (Wildman–Crippen MR) is 106 cm³/mol. The smallest absolute Gasteiger partial charge is 0.212 e. The van der Waals surface area contributed by atoms with Crippen LogP contribution in [0.2, 0.25) is 0 Å². The van der Waals surface area contributed by atoms with Crippen LogP contribution in [0.3, 0.4) is 0 Å². The Kier molecular flexibility index (Phi) is 10.7. The molecule has 0 spiro atoms. The van der Waals surface area contributed by atoms with Crippen LogP contribution in [0, 0.1) is 5.92 Å². The van der Waals surface area contributed by atoms with Crippen LogP contribution in [0.1, 0.15) is 32.4 Å². The summed E-state index contributed by atoms with van der Waals surface area (Å²) < 4.78 is 5.56. The summed E-state index contributed by atoms with van der Waals surface area (Å²) in [5.74, 6) is 2.53. The Morgan fingerprint density at radius 2 is 2.12 bits per heavy atom. The first-order valence-corrected chi connectivity index (χ1v) is 8.29. The van der Waals surface area contributed by atoms with Gasteiger partial charge in [0.05, 0.1) is 6.54 Å². The molecule has 2 rings (SSSR count). The van der Waals surface area contributed by atoms with Gasteiger partial charge in [0.1, 0.15) is 11.5 Å². The number of nitrogens with one attached hydrogen (secondary N) is 1. The second-order valence-electron chi connectivity index (χ2n) is 5.45. The lowest BCUT2D eigenvalue weighted by atomic mass is 10.1. The Bertz CT molecular complexity index is 627. The Morgan fingerprint density at radius 1 is 1.38 bits per heavy atom. The van der Waals surface area contributed by atoms with Gasteiger partial charge in [0.15, 0.2) is 11.7 Å². The first kappa shape index (κ1) is 22.7. The van der Waals surface area contributed by atoms with Gasteiger partial charge in [-0.15, -0.1) is 36.2 Å². The van der Waals surface area contributed by atoms with Crippen molar-refractivity contribution in [1.29, 1.82) is 0 Å². The van der Waals surface area contributed by atoms with E-state index >= 15 is 0 Å². The maximum Gasteiger partial charge on any atom is 0.212 e. The summed E-state index contributed by atoms with van der Waals surface area (Å²) in [5, 5.41) is 5.60. The van der Waals surface area contributed by atoms with Gasteiger partial charge in [0.2, 0.25) is 5.13 Å². The summed E-state index contributed by atoms with van der Waals surface area (Å²) in [6, 6.07) is 3.71. The van der Waals surface area contributed by atoms with E-state index in [1.54, 1.807) is 0 Å². The topological polar surface area (TPSA) is 102 Å². The molecule has 136 valence electrons. The summed E-state index contributed by atoms with van der Waals surface area (Å²) in [6.45, 7) is 5.62. The average molecular weight is 394 g/mol. The molecular formula is C15H25Cl2N5OS. The lowest BCUT2D eigenvalue weighted by Gasteiger charge is -2.06. The van der Waals surface area contributed by atoms with Crippen LogP contribution in [0.4, 0.5) is 5.13 Å². The number of hydrogen-bond donors (Lipinski definition) is 3. The molecule has 2 aromatic rings. The Balaban J connectivity index is 0.00000264. The fourth-order valence-electron chi connectivity index (χ4n) is 1.92.